The lowest BCUT2D eigenvalue weighted by Crippen LogP contribution is -2.34. The van der Waals surface area contributed by atoms with Gasteiger partial charge in [0.1, 0.15) is 5.75 Å². The van der Waals surface area contributed by atoms with Gasteiger partial charge in [-0.05, 0) is 47.9 Å². The molecule has 0 radical (unpaired) electrons. The molecule has 1 saturated heterocycles. The SMILES string of the molecule is COc1ccc(CN2CCCN(C(=O)/C=C/c3ccc(OC)c(OC)c3)CC2)cc1. The minimum absolute atomic E-state index is 0.0380. The highest BCUT2D eigenvalue weighted by Gasteiger charge is 2.17. The number of amides is 1. The summed E-state index contributed by atoms with van der Waals surface area (Å²) in [4.78, 5) is 17.0. The first-order chi connectivity index (χ1) is 14.6. The molecule has 0 aromatic heterocycles. The molecule has 160 valence electrons. The molecule has 0 spiro atoms. The molecule has 0 bridgehead atoms. The van der Waals surface area contributed by atoms with E-state index >= 15 is 0 Å². The fourth-order valence-electron chi connectivity index (χ4n) is 3.57. The van der Waals surface area contributed by atoms with Crippen molar-refractivity contribution >= 4 is 12.0 Å². The lowest BCUT2D eigenvalue weighted by Gasteiger charge is -2.21. The number of hydrogen-bond acceptors (Lipinski definition) is 5. The van der Waals surface area contributed by atoms with Crippen molar-refractivity contribution in [1.82, 2.24) is 9.80 Å². The number of methoxy groups -OCH3 is 3. The number of ether oxygens (including phenoxy) is 3. The van der Waals surface area contributed by atoms with Crippen LogP contribution in [0.2, 0.25) is 0 Å². The van der Waals surface area contributed by atoms with E-state index in [0.717, 1.165) is 50.5 Å². The van der Waals surface area contributed by atoms with Gasteiger partial charge in [0, 0.05) is 38.8 Å². The van der Waals surface area contributed by atoms with E-state index in [4.69, 9.17) is 14.2 Å². The molecule has 1 amide bonds. The van der Waals surface area contributed by atoms with E-state index in [1.165, 1.54) is 5.56 Å². The Bertz CT molecular complexity index is 864. The minimum Gasteiger partial charge on any atom is -0.497 e. The van der Waals surface area contributed by atoms with Crippen LogP contribution in [0.3, 0.4) is 0 Å². The van der Waals surface area contributed by atoms with Gasteiger partial charge < -0.3 is 19.1 Å². The predicted molar refractivity (Wildman–Crippen MR) is 118 cm³/mol. The van der Waals surface area contributed by atoms with E-state index in [-0.39, 0.29) is 5.91 Å². The molecule has 0 unspecified atom stereocenters. The van der Waals surface area contributed by atoms with Crippen molar-refractivity contribution in [3.63, 3.8) is 0 Å². The summed E-state index contributed by atoms with van der Waals surface area (Å²) in [6, 6.07) is 13.8. The first kappa shape index (κ1) is 21.7. The molecular formula is C24H30N2O4. The van der Waals surface area contributed by atoms with Crippen molar-refractivity contribution in [1.29, 1.82) is 0 Å². The number of carbonyl (C=O) groups is 1. The molecule has 0 aliphatic carbocycles. The fraction of sp³-hybridized carbons (Fsp3) is 0.375. The van der Waals surface area contributed by atoms with Gasteiger partial charge in [0.25, 0.3) is 0 Å². The standard InChI is InChI=1S/C24H30N2O4/c1-28-21-9-5-20(6-10-21)18-25-13-4-14-26(16-15-25)24(27)12-8-19-7-11-22(29-2)23(17-19)30-3/h5-12,17H,4,13-16,18H2,1-3H3/b12-8+. The first-order valence-corrected chi connectivity index (χ1v) is 10.2. The third-order valence-electron chi connectivity index (χ3n) is 5.29. The summed E-state index contributed by atoms with van der Waals surface area (Å²) < 4.78 is 15.8. The summed E-state index contributed by atoms with van der Waals surface area (Å²) >= 11 is 0. The topological polar surface area (TPSA) is 51.2 Å². The van der Waals surface area contributed by atoms with Gasteiger partial charge in [0.05, 0.1) is 21.3 Å². The van der Waals surface area contributed by atoms with Crippen molar-refractivity contribution in [2.24, 2.45) is 0 Å². The van der Waals surface area contributed by atoms with E-state index in [0.29, 0.717) is 11.5 Å². The van der Waals surface area contributed by atoms with E-state index in [2.05, 4.69) is 17.0 Å². The van der Waals surface area contributed by atoms with Crippen LogP contribution in [0.5, 0.6) is 17.2 Å². The molecule has 6 heteroatoms. The zero-order valence-corrected chi connectivity index (χ0v) is 18.0. The molecule has 0 N–H and O–H groups in total. The summed E-state index contributed by atoms with van der Waals surface area (Å²) in [5, 5.41) is 0. The third kappa shape index (κ3) is 5.76. The second kappa shape index (κ2) is 10.7. The number of hydrogen-bond donors (Lipinski definition) is 0. The maximum Gasteiger partial charge on any atom is 0.246 e. The van der Waals surface area contributed by atoms with Crippen LogP contribution < -0.4 is 14.2 Å². The normalized spacial score (nSPS) is 15.1. The van der Waals surface area contributed by atoms with Gasteiger partial charge in [-0.2, -0.15) is 0 Å². The van der Waals surface area contributed by atoms with Crippen LogP contribution >= 0.6 is 0 Å². The number of carbonyl (C=O) groups excluding carboxylic acids is 1. The predicted octanol–water partition coefficient (Wildman–Crippen LogP) is 3.46. The Morgan fingerprint density at radius 1 is 0.900 bits per heavy atom. The van der Waals surface area contributed by atoms with Crippen molar-refractivity contribution in [2.75, 3.05) is 47.5 Å². The Balaban J connectivity index is 1.55. The van der Waals surface area contributed by atoms with Crippen molar-refractivity contribution in [2.45, 2.75) is 13.0 Å². The highest BCUT2D eigenvalue weighted by Crippen LogP contribution is 2.28. The van der Waals surface area contributed by atoms with Crippen LogP contribution in [0.15, 0.2) is 48.5 Å². The summed E-state index contributed by atoms with van der Waals surface area (Å²) in [5.74, 6) is 2.23. The monoisotopic (exact) mass is 410 g/mol. The number of benzene rings is 2. The average molecular weight is 411 g/mol. The van der Waals surface area contributed by atoms with Crippen LogP contribution in [-0.4, -0.2) is 63.2 Å². The van der Waals surface area contributed by atoms with E-state index in [1.54, 1.807) is 27.4 Å². The molecule has 2 aromatic carbocycles. The number of rotatable bonds is 7. The quantitative estimate of drug-likeness (QED) is 0.655. The van der Waals surface area contributed by atoms with E-state index in [9.17, 15) is 4.79 Å². The lowest BCUT2D eigenvalue weighted by atomic mass is 10.2. The van der Waals surface area contributed by atoms with Crippen LogP contribution in [0, 0.1) is 0 Å². The molecule has 1 aliphatic heterocycles. The molecule has 0 saturated carbocycles. The lowest BCUT2D eigenvalue weighted by molar-refractivity contribution is -0.125. The van der Waals surface area contributed by atoms with Crippen LogP contribution in [0.1, 0.15) is 17.5 Å². The molecule has 1 fully saturated rings. The average Bonchev–Trinajstić information content (AvgIpc) is 3.03. The summed E-state index contributed by atoms with van der Waals surface area (Å²) in [6.07, 6.45) is 4.43. The van der Waals surface area contributed by atoms with Crippen LogP contribution in [0.25, 0.3) is 6.08 Å². The van der Waals surface area contributed by atoms with Gasteiger partial charge in [-0.3, -0.25) is 9.69 Å². The summed E-state index contributed by atoms with van der Waals surface area (Å²) in [7, 11) is 4.88. The molecule has 6 nitrogen and oxygen atoms in total. The second-order valence-electron chi connectivity index (χ2n) is 7.25. The number of nitrogens with zero attached hydrogens (tertiary/aromatic N) is 2. The Hall–Kier alpha value is -2.99. The molecular weight excluding hydrogens is 380 g/mol. The third-order valence-corrected chi connectivity index (χ3v) is 5.29. The molecule has 0 atom stereocenters. The fourth-order valence-corrected chi connectivity index (χ4v) is 3.57. The van der Waals surface area contributed by atoms with Crippen LogP contribution in [-0.2, 0) is 11.3 Å². The first-order valence-electron chi connectivity index (χ1n) is 10.2. The Kier molecular flexibility index (Phi) is 7.74. The van der Waals surface area contributed by atoms with E-state index < -0.39 is 0 Å². The van der Waals surface area contributed by atoms with Crippen LogP contribution in [0.4, 0.5) is 0 Å². The minimum atomic E-state index is 0.0380. The summed E-state index contributed by atoms with van der Waals surface area (Å²) in [6.45, 7) is 4.23. The molecule has 2 aromatic rings. The Morgan fingerprint density at radius 3 is 2.37 bits per heavy atom. The van der Waals surface area contributed by atoms with E-state index in [1.807, 2.05) is 41.3 Å². The van der Waals surface area contributed by atoms with Crippen molar-refractivity contribution < 1.29 is 19.0 Å². The van der Waals surface area contributed by atoms with Gasteiger partial charge in [0.2, 0.25) is 5.91 Å². The zero-order valence-electron chi connectivity index (χ0n) is 18.0. The van der Waals surface area contributed by atoms with Gasteiger partial charge >= 0.3 is 0 Å². The summed E-state index contributed by atoms with van der Waals surface area (Å²) in [5.41, 5.74) is 2.15. The van der Waals surface area contributed by atoms with Gasteiger partial charge in [-0.15, -0.1) is 0 Å². The van der Waals surface area contributed by atoms with Gasteiger partial charge in [-0.1, -0.05) is 18.2 Å². The highest BCUT2D eigenvalue weighted by atomic mass is 16.5. The molecule has 1 aliphatic rings. The van der Waals surface area contributed by atoms with Gasteiger partial charge in [0.15, 0.2) is 11.5 Å². The maximum atomic E-state index is 12.7. The Morgan fingerprint density at radius 2 is 1.67 bits per heavy atom. The molecule has 1 heterocycles. The zero-order chi connectivity index (χ0) is 21.3. The van der Waals surface area contributed by atoms with Gasteiger partial charge in [-0.25, -0.2) is 0 Å². The molecule has 30 heavy (non-hydrogen) atoms. The maximum absolute atomic E-state index is 12.7. The highest BCUT2D eigenvalue weighted by molar-refractivity contribution is 5.91. The smallest absolute Gasteiger partial charge is 0.246 e. The Labute approximate surface area is 178 Å². The molecule has 3 rings (SSSR count). The van der Waals surface area contributed by atoms with Crippen molar-refractivity contribution in [3.8, 4) is 17.2 Å². The van der Waals surface area contributed by atoms with Crippen molar-refractivity contribution in [3.05, 3.63) is 59.7 Å². The largest absolute Gasteiger partial charge is 0.497 e. The second-order valence-corrected chi connectivity index (χ2v) is 7.25.